The monoisotopic (exact) mass is 524 g/mol. The Bertz CT molecular complexity index is 1100. The van der Waals surface area contributed by atoms with Crippen molar-refractivity contribution >= 4 is 17.6 Å². The van der Waals surface area contributed by atoms with Crippen LogP contribution in [0.25, 0.3) is 0 Å². The summed E-state index contributed by atoms with van der Waals surface area (Å²) in [6.45, 7) is 4.96. The SMILES string of the molecule is COC(C)[C@@H]1C(C)C[C@@H]2C3C4OC4[C@@H]1[C@H]2C[C@H]1/C=C/C(O)=C2/C(=O)N[C@@H](CCCNC(=O)/C=C\C[C@H]31)C2=O. The topological polar surface area (TPSA) is 117 Å². The fraction of sp³-hybridized carbons (Fsp3) is 0.700. The highest BCUT2D eigenvalue weighted by Crippen LogP contribution is 2.66. The third-order valence-electron chi connectivity index (χ3n) is 10.6. The molecule has 0 aromatic heterocycles. The van der Waals surface area contributed by atoms with Crippen molar-refractivity contribution in [3.63, 3.8) is 0 Å². The van der Waals surface area contributed by atoms with Crippen LogP contribution in [0.5, 0.6) is 0 Å². The normalized spacial score (nSPS) is 48.7. The molecule has 6 aliphatic rings. The van der Waals surface area contributed by atoms with Crippen LogP contribution >= 0.6 is 0 Å². The lowest BCUT2D eigenvalue weighted by Gasteiger charge is -2.58. The van der Waals surface area contributed by atoms with E-state index in [1.165, 1.54) is 0 Å². The van der Waals surface area contributed by atoms with Gasteiger partial charge < -0.3 is 25.2 Å². The van der Waals surface area contributed by atoms with Crippen LogP contribution < -0.4 is 10.6 Å². The van der Waals surface area contributed by atoms with Gasteiger partial charge in [-0.2, -0.15) is 0 Å². The summed E-state index contributed by atoms with van der Waals surface area (Å²) >= 11 is 0. The Kier molecular flexibility index (Phi) is 6.75. The van der Waals surface area contributed by atoms with Gasteiger partial charge in [-0.05, 0) is 98.5 Å². The van der Waals surface area contributed by atoms with Crippen LogP contribution in [0.3, 0.4) is 0 Å². The van der Waals surface area contributed by atoms with Crippen LogP contribution in [-0.4, -0.2) is 60.7 Å². The lowest BCUT2D eigenvalue weighted by molar-refractivity contribution is -0.118. The van der Waals surface area contributed by atoms with E-state index < -0.39 is 11.9 Å². The zero-order valence-corrected chi connectivity index (χ0v) is 22.5. The van der Waals surface area contributed by atoms with Gasteiger partial charge in [0.2, 0.25) is 5.91 Å². The van der Waals surface area contributed by atoms with E-state index in [0.717, 1.165) is 19.3 Å². The Morgan fingerprint density at radius 1 is 1.08 bits per heavy atom. The maximum atomic E-state index is 12.9. The minimum absolute atomic E-state index is 0.134. The smallest absolute Gasteiger partial charge is 0.259 e. The summed E-state index contributed by atoms with van der Waals surface area (Å²) in [4.78, 5) is 37.9. The number of ether oxygens (including phenoxy) is 2. The maximum absolute atomic E-state index is 12.9. The fourth-order valence-electron chi connectivity index (χ4n) is 9.00. The maximum Gasteiger partial charge on any atom is 0.259 e. The van der Waals surface area contributed by atoms with Crippen LogP contribution in [-0.2, 0) is 23.9 Å². The second kappa shape index (κ2) is 9.94. The van der Waals surface area contributed by atoms with Gasteiger partial charge in [-0.3, -0.25) is 14.4 Å². The van der Waals surface area contributed by atoms with Gasteiger partial charge in [0.15, 0.2) is 5.78 Å². The Morgan fingerprint density at radius 3 is 2.63 bits per heavy atom. The fourth-order valence-corrected chi connectivity index (χ4v) is 9.00. The van der Waals surface area contributed by atoms with Crippen LogP contribution in [0.4, 0.5) is 0 Å². The summed E-state index contributed by atoms with van der Waals surface area (Å²) in [7, 11) is 1.80. The van der Waals surface area contributed by atoms with Gasteiger partial charge in [0.1, 0.15) is 11.3 Å². The molecule has 8 heteroatoms. The number of aliphatic hydroxyl groups excluding tert-OH is 1. The molecule has 6 rings (SSSR count). The van der Waals surface area contributed by atoms with E-state index in [9.17, 15) is 19.5 Å². The van der Waals surface area contributed by atoms with Crippen LogP contribution in [0, 0.1) is 47.3 Å². The zero-order valence-electron chi connectivity index (χ0n) is 22.5. The lowest BCUT2D eigenvalue weighted by Crippen LogP contribution is -2.57. The van der Waals surface area contributed by atoms with E-state index >= 15 is 0 Å². The molecule has 0 spiro atoms. The number of aliphatic hydroxyl groups is 1. The van der Waals surface area contributed by atoms with Gasteiger partial charge in [-0.1, -0.05) is 19.1 Å². The predicted octanol–water partition coefficient (Wildman–Crippen LogP) is 2.85. The Balaban J connectivity index is 1.35. The highest BCUT2D eigenvalue weighted by Gasteiger charge is 2.68. The van der Waals surface area contributed by atoms with Crippen molar-refractivity contribution in [2.75, 3.05) is 13.7 Å². The summed E-state index contributed by atoms with van der Waals surface area (Å²) in [6.07, 6.45) is 11.7. The van der Waals surface area contributed by atoms with E-state index in [2.05, 4.69) is 24.5 Å². The molecule has 5 unspecified atom stereocenters. The molecule has 3 aliphatic carbocycles. The van der Waals surface area contributed by atoms with E-state index in [1.807, 2.05) is 12.2 Å². The highest BCUT2D eigenvalue weighted by molar-refractivity contribution is 6.27. The number of hydrogen-bond donors (Lipinski definition) is 3. The minimum Gasteiger partial charge on any atom is -0.507 e. The second-order valence-corrected chi connectivity index (χ2v) is 12.4. The van der Waals surface area contributed by atoms with Crippen molar-refractivity contribution in [3.8, 4) is 0 Å². The molecule has 0 aromatic rings. The number of fused-ring (bicyclic) bond motifs is 7. The van der Waals surface area contributed by atoms with Crippen molar-refractivity contribution in [3.05, 3.63) is 35.6 Å². The summed E-state index contributed by atoms with van der Waals surface area (Å²) in [5.41, 5.74) is -0.153. The molecule has 0 radical (unpaired) electrons. The zero-order chi connectivity index (χ0) is 26.7. The molecule has 3 heterocycles. The van der Waals surface area contributed by atoms with Gasteiger partial charge in [0, 0.05) is 13.7 Å². The van der Waals surface area contributed by atoms with E-state index in [1.54, 1.807) is 19.3 Å². The molecule has 2 amide bonds. The minimum atomic E-state index is -0.666. The first-order valence-electron chi connectivity index (χ1n) is 14.4. The van der Waals surface area contributed by atoms with Crippen molar-refractivity contribution in [2.45, 2.75) is 70.3 Å². The quantitative estimate of drug-likeness (QED) is 0.378. The summed E-state index contributed by atoms with van der Waals surface area (Å²) in [5.74, 6) is 2.01. The molecule has 3 N–H and O–H groups in total. The van der Waals surface area contributed by atoms with Gasteiger partial charge in [-0.15, -0.1) is 0 Å². The van der Waals surface area contributed by atoms with Crippen LogP contribution in [0.1, 0.15) is 46.0 Å². The summed E-state index contributed by atoms with van der Waals surface area (Å²) in [6, 6.07) is -0.666. The van der Waals surface area contributed by atoms with Crippen LogP contribution in [0.2, 0.25) is 0 Å². The van der Waals surface area contributed by atoms with Crippen LogP contribution in [0.15, 0.2) is 35.6 Å². The molecule has 2 saturated heterocycles. The van der Waals surface area contributed by atoms with Gasteiger partial charge in [-0.25, -0.2) is 0 Å². The first-order chi connectivity index (χ1) is 18.3. The summed E-state index contributed by atoms with van der Waals surface area (Å²) < 4.78 is 12.3. The largest absolute Gasteiger partial charge is 0.507 e. The molecule has 0 aromatic carbocycles. The highest BCUT2D eigenvalue weighted by atomic mass is 16.6. The number of methoxy groups -OCH3 is 1. The Labute approximate surface area is 224 Å². The van der Waals surface area contributed by atoms with Crippen molar-refractivity contribution in [2.24, 2.45) is 47.3 Å². The lowest BCUT2D eigenvalue weighted by atomic mass is 9.45. The third kappa shape index (κ3) is 4.24. The summed E-state index contributed by atoms with van der Waals surface area (Å²) in [5, 5.41) is 16.5. The number of carbonyl (C=O) groups excluding carboxylic acids is 3. The number of rotatable bonds is 2. The first kappa shape index (κ1) is 25.8. The number of nitrogens with one attached hydrogen (secondary N) is 2. The van der Waals surface area contributed by atoms with Gasteiger partial charge >= 0.3 is 0 Å². The average molecular weight is 525 g/mol. The molecule has 8 nitrogen and oxygen atoms in total. The van der Waals surface area contributed by atoms with Gasteiger partial charge in [0.25, 0.3) is 5.91 Å². The molecule has 5 fully saturated rings. The number of hydrogen-bond acceptors (Lipinski definition) is 6. The molecular weight excluding hydrogens is 484 g/mol. The van der Waals surface area contributed by atoms with Crippen molar-refractivity contribution in [1.29, 1.82) is 0 Å². The molecule has 206 valence electrons. The second-order valence-electron chi connectivity index (χ2n) is 12.4. The number of allylic oxidation sites excluding steroid dienone is 3. The number of epoxide rings is 1. The molecular formula is C30H40N2O6. The molecule has 3 saturated carbocycles. The molecule has 6 bridgehead atoms. The van der Waals surface area contributed by atoms with Crippen molar-refractivity contribution < 1.29 is 29.0 Å². The molecule has 3 aliphatic heterocycles. The van der Waals surface area contributed by atoms with E-state index in [4.69, 9.17) is 9.47 Å². The van der Waals surface area contributed by atoms with Gasteiger partial charge in [0.05, 0.1) is 24.4 Å². The Hall–Kier alpha value is -2.45. The molecule has 38 heavy (non-hydrogen) atoms. The van der Waals surface area contributed by atoms with Crippen molar-refractivity contribution in [1.82, 2.24) is 10.6 Å². The van der Waals surface area contributed by atoms with E-state index in [-0.39, 0.29) is 53.2 Å². The van der Waals surface area contributed by atoms with E-state index in [0.29, 0.717) is 54.9 Å². The number of amides is 2. The number of carbonyl (C=O) groups is 3. The number of Topliss-reactive ketones (excluding diaryl/α,β-unsaturated/α-hetero) is 1. The molecule has 12 atom stereocenters. The average Bonchev–Trinajstić information content (AvgIpc) is 3.60. The first-order valence-corrected chi connectivity index (χ1v) is 14.4. The Morgan fingerprint density at radius 2 is 1.84 bits per heavy atom. The third-order valence-corrected chi connectivity index (χ3v) is 10.6. The standard InChI is InChI=1S/C30H40N2O6/c1-14-12-18-19-13-16-9-10-21(33)26-27(35)20(32-30(26)36)7-5-11-31-22(34)8-4-6-17(16)24(18)28-29(38-28)25(19)23(14)15(2)37-3/h4,8-10,14-20,23-25,28-29,33H,5-7,11-13H2,1-3H3,(H,31,34)(H,32,36)/b8-4-,10-9+,26-21-/t14?,15?,16-,17+,18+,19+,20+,23+,24?,25-,28?,29?/m1/s1. The predicted molar refractivity (Wildman–Crippen MR) is 140 cm³/mol. The number of ketones is 1.